The van der Waals surface area contributed by atoms with Crippen molar-refractivity contribution in [3.8, 4) is 5.82 Å². The van der Waals surface area contributed by atoms with Gasteiger partial charge in [-0.15, -0.1) is 0 Å². The Labute approximate surface area is 183 Å². The minimum Gasteiger partial charge on any atom is -0.373 e. The molecule has 1 atom stereocenters. The average Bonchev–Trinajstić information content (AvgIpc) is 3.22. The van der Waals surface area contributed by atoms with Gasteiger partial charge in [-0.25, -0.2) is 9.67 Å². The molecule has 0 radical (unpaired) electrons. The van der Waals surface area contributed by atoms with Gasteiger partial charge in [-0.1, -0.05) is 6.07 Å². The first-order valence-corrected chi connectivity index (χ1v) is 10.1. The lowest BCUT2D eigenvalue weighted by Crippen LogP contribution is -2.31. The summed E-state index contributed by atoms with van der Waals surface area (Å²) < 4.78 is 40.9. The Hall–Kier alpha value is -3.56. The zero-order valence-corrected chi connectivity index (χ0v) is 17.9. The molecule has 7 nitrogen and oxygen atoms in total. The topological polar surface area (TPSA) is 75.1 Å². The Balaban J connectivity index is 1.70. The smallest absolute Gasteiger partial charge is 0.373 e. The first-order chi connectivity index (χ1) is 15.1. The van der Waals surface area contributed by atoms with Gasteiger partial charge in [0.05, 0.1) is 11.3 Å². The van der Waals surface area contributed by atoms with Gasteiger partial charge in [0.1, 0.15) is 11.9 Å². The second-order valence-electron chi connectivity index (χ2n) is 7.89. The Morgan fingerprint density at radius 1 is 1.09 bits per heavy atom. The van der Waals surface area contributed by atoms with Gasteiger partial charge in [0.2, 0.25) is 5.91 Å². The van der Waals surface area contributed by atoms with Gasteiger partial charge in [0, 0.05) is 42.8 Å². The summed E-state index contributed by atoms with van der Waals surface area (Å²) in [5.41, 5.74) is 1.78. The Kier molecular flexibility index (Phi) is 5.53. The monoisotopic (exact) mass is 444 g/mol. The summed E-state index contributed by atoms with van der Waals surface area (Å²) in [5.74, 6) is 0.798. The van der Waals surface area contributed by atoms with Crippen LogP contribution < -0.4 is 10.6 Å². The van der Waals surface area contributed by atoms with E-state index in [2.05, 4.69) is 20.7 Å². The molecule has 10 heteroatoms. The lowest BCUT2D eigenvalue weighted by atomic mass is 10.2. The quantitative estimate of drug-likeness (QED) is 0.614. The minimum absolute atomic E-state index is 0.0122. The molecule has 32 heavy (non-hydrogen) atoms. The molecule has 0 aliphatic carbocycles. The molecule has 3 heterocycles. The Morgan fingerprint density at radius 2 is 1.88 bits per heavy atom. The molecule has 1 aliphatic heterocycles. The predicted octanol–water partition coefficient (Wildman–Crippen LogP) is 4.29. The fourth-order valence-electron chi connectivity index (χ4n) is 3.71. The van der Waals surface area contributed by atoms with Gasteiger partial charge in [-0.05, 0) is 44.5 Å². The van der Waals surface area contributed by atoms with E-state index in [0.717, 1.165) is 23.5 Å². The van der Waals surface area contributed by atoms with Crippen LogP contribution in [-0.2, 0) is 11.0 Å². The largest absolute Gasteiger partial charge is 0.416 e. The zero-order valence-electron chi connectivity index (χ0n) is 17.9. The van der Waals surface area contributed by atoms with E-state index in [4.69, 9.17) is 0 Å². The molecule has 4 rings (SSSR count). The molecule has 0 saturated carbocycles. The van der Waals surface area contributed by atoms with Crippen LogP contribution in [0.15, 0.2) is 42.5 Å². The van der Waals surface area contributed by atoms with Crippen LogP contribution in [0.4, 0.5) is 30.4 Å². The third kappa shape index (κ3) is 4.53. The van der Waals surface area contributed by atoms with E-state index in [1.165, 1.54) is 12.1 Å². The van der Waals surface area contributed by atoms with Gasteiger partial charge in [-0.3, -0.25) is 4.79 Å². The predicted molar refractivity (Wildman–Crippen MR) is 115 cm³/mol. The van der Waals surface area contributed by atoms with Crippen molar-refractivity contribution in [1.82, 2.24) is 19.7 Å². The summed E-state index contributed by atoms with van der Waals surface area (Å²) in [6, 6.07) is 9.87. The van der Waals surface area contributed by atoms with Crippen molar-refractivity contribution in [3.63, 3.8) is 0 Å². The summed E-state index contributed by atoms with van der Waals surface area (Å²) in [5, 5.41) is 10.6. The van der Waals surface area contributed by atoms with Crippen LogP contribution in [0.1, 0.15) is 23.4 Å². The standard InChI is InChI=1S/C22H23F3N6O/c1-13-9-14(2)31(29-13)20-12-17(26-18-7-8-30(3)21(18)32)11-19(28-20)27-16-6-4-5-15(10-16)22(23,24)25/h4-6,9-12,18H,7-8H2,1-3H3,(H2,26,27,28). The zero-order chi connectivity index (χ0) is 23.0. The van der Waals surface area contributed by atoms with Crippen molar-refractivity contribution < 1.29 is 18.0 Å². The third-order valence-electron chi connectivity index (χ3n) is 5.27. The number of nitrogens with one attached hydrogen (secondary N) is 2. The molecule has 1 saturated heterocycles. The number of rotatable bonds is 5. The van der Waals surface area contributed by atoms with Crippen molar-refractivity contribution in [2.45, 2.75) is 32.5 Å². The van der Waals surface area contributed by atoms with E-state index >= 15 is 0 Å². The highest BCUT2D eigenvalue weighted by molar-refractivity contribution is 5.86. The van der Waals surface area contributed by atoms with Crippen molar-refractivity contribution in [2.24, 2.45) is 0 Å². The number of nitrogens with zero attached hydrogens (tertiary/aromatic N) is 4. The molecule has 2 N–H and O–H groups in total. The normalized spacial score (nSPS) is 16.5. The number of carbonyl (C=O) groups excluding carboxylic acids is 1. The van der Waals surface area contributed by atoms with E-state index in [-0.39, 0.29) is 17.6 Å². The molecule has 2 aromatic heterocycles. The average molecular weight is 444 g/mol. The number of halogens is 3. The number of benzene rings is 1. The number of hydrogen-bond acceptors (Lipinski definition) is 5. The first kappa shape index (κ1) is 21.7. The fraction of sp³-hybridized carbons (Fsp3) is 0.318. The van der Waals surface area contributed by atoms with E-state index in [9.17, 15) is 18.0 Å². The van der Waals surface area contributed by atoms with Gasteiger partial charge < -0.3 is 15.5 Å². The molecule has 168 valence electrons. The van der Waals surface area contributed by atoms with Crippen LogP contribution >= 0.6 is 0 Å². The van der Waals surface area contributed by atoms with E-state index in [0.29, 0.717) is 30.3 Å². The molecular formula is C22H23F3N6O. The maximum absolute atomic E-state index is 13.1. The van der Waals surface area contributed by atoms with Crippen LogP contribution in [-0.4, -0.2) is 45.2 Å². The molecule has 1 unspecified atom stereocenters. The van der Waals surface area contributed by atoms with Crippen LogP contribution in [0.25, 0.3) is 5.82 Å². The van der Waals surface area contributed by atoms with Crippen molar-refractivity contribution >= 4 is 23.1 Å². The lowest BCUT2D eigenvalue weighted by molar-refractivity contribution is -0.137. The second-order valence-corrected chi connectivity index (χ2v) is 7.89. The molecule has 0 spiro atoms. The molecular weight excluding hydrogens is 421 g/mol. The van der Waals surface area contributed by atoms with E-state index in [1.54, 1.807) is 28.8 Å². The third-order valence-corrected chi connectivity index (χ3v) is 5.27. The number of anilines is 3. The number of likely N-dealkylation sites (N-methyl/N-ethyl adjacent to an activating group) is 1. The summed E-state index contributed by atoms with van der Waals surface area (Å²) in [4.78, 5) is 18.5. The summed E-state index contributed by atoms with van der Waals surface area (Å²) in [7, 11) is 1.75. The molecule has 0 bridgehead atoms. The van der Waals surface area contributed by atoms with E-state index < -0.39 is 11.7 Å². The van der Waals surface area contributed by atoms with Crippen LogP contribution in [0.5, 0.6) is 0 Å². The van der Waals surface area contributed by atoms with Crippen LogP contribution in [0.3, 0.4) is 0 Å². The number of pyridine rings is 1. The Bertz CT molecular complexity index is 1160. The van der Waals surface area contributed by atoms with Crippen molar-refractivity contribution in [1.29, 1.82) is 0 Å². The van der Waals surface area contributed by atoms with Gasteiger partial charge in [0.15, 0.2) is 5.82 Å². The van der Waals surface area contributed by atoms with E-state index in [1.807, 2.05) is 19.9 Å². The second kappa shape index (κ2) is 8.18. The highest BCUT2D eigenvalue weighted by atomic mass is 19.4. The number of aryl methyl sites for hydroxylation is 2. The molecule has 1 aliphatic rings. The lowest BCUT2D eigenvalue weighted by Gasteiger charge is -2.17. The number of aromatic nitrogens is 3. The maximum atomic E-state index is 13.1. The number of carbonyl (C=O) groups is 1. The molecule has 1 amide bonds. The summed E-state index contributed by atoms with van der Waals surface area (Å²) in [6.07, 6.45) is -3.79. The summed E-state index contributed by atoms with van der Waals surface area (Å²) in [6.45, 7) is 4.40. The number of hydrogen-bond donors (Lipinski definition) is 2. The summed E-state index contributed by atoms with van der Waals surface area (Å²) >= 11 is 0. The van der Waals surface area contributed by atoms with Crippen molar-refractivity contribution in [3.05, 3.63) is 59.4 Å². The van der Waals surface area contributed by atoms with Gasteiger partial charge in [0.25, 0.3) is 0 Å². The highest BCUT2D eigenvalue weighted by Crippen LogP contribution is 2.32. The minimum atomic E-state index is -4.45. The van der Waals surface area contributed by atoms with Crippen molar-refractivity contribution in [2.75, 3.05) is 24.2 Å². The number of alkyl halides is 3. The fourth-order valence-corrected chi connectivity index (χ4v) is 3.71. The molecule has 1 fully saturated rings. The maximum Gasteiger partial charge on any atom is 0.416 e. The van der Waals surface area contributed by atoms with Crippen LogP contribution in [0.2, 0.25) is 0 Å². The first-order valence-electron chi connectivity index (χ1n) is 10.1. The Morgan fingerprint density at radius 3 is 2.50 bits per heavy atom. The molecule has 3 aromatic rings. The highest BCUT2D eigenvalue weighted by Gasteiger charge is 2.31. The van der Waals surface area contributed by atoms with Crippen LogP contribution in [0, 0.1) is 13.8 Å². The SMILES string of the molecule is Cc1cc(C)n(-c2cc(NC3CCN(C)C3=O)cc(Nc3cccc(C(F)(F)F)c3)n2)n1. The van der Waals surface area contributed by atoms with Gasteiger partial charge >= 0.3 is 6.18 Å². The van der Waals surface area contributed by atoms with Gasteiger partial charge in [-0.2, -0.15) is 18.3 Å². The molecule has 1 aromatic carbocycles. The number of amides is 1. The number of likely N-dealkylation sites (tertiary alicyclic amines) is 1.